The molecule has 0 amide bonds. The summed E-state index contributed by atoms with van der Waals surface area (Å²) in [7, 11) is 0. The predicted molar refractivity (Wildman–Crippen MR) is 66.6 cm³/mol. The Hall–Kier alpha value is -1.32. The molecule has 0 aromatic carbocycles. The average molecular weight is 218 g/mol. The van der Waals surface area contributed by atoms with E-state index in [4.69, 9.17) is 5.73 Å². The highest BCUT2D eigenvalue weighted by atomic mass is 32.2. The molecule has 3 heteroatoms. The molecule has 0 aliphatic heterocycles. The number of nitrogens with two attached hydrogens (primary N) is 1. The van der Waals surface area contributed by atoms with Crippen LogP contribution in [0.5, 0.6) is 0 Å². The Morgan fingerprint density at radius 2 is 2.20 bits per heavy atom. The van der Waals surface area contributed by atoms with Crippen LogP contribution in [0.3, 0.4) is 0 Å². The number of aromatic nitrogens is 1. The zero-order chi connectivity index (χ0) is 10.9. The molecule has 0 saturated heterocycles. The van der Waals surface area contributed by atoms with E-state index < -0.39 is 0 Å². The van der Waals surface area contributed by atoms with Crippen molar-refractivity contribution in [3.05, 3.63) is 60.3 Å². The lowest BCUT2D eigenvalue weighted by atomic mass is 10.4. The van der Waals surface area contributed by atoms with Crippen molar-refractivity contribution in [1.29, 1.82) is 0 Å². The van der Waals surface area contributed by atoms with E-state index in [9.17, 15) is 0 Å². The number of allylic oxidation sites excluding steroid dienone is 3. The number of pyridine rings is 1. The van der Waals surface area contributed by atoms with Crippen molar-refractivity contribution in [1.82, 2.24) is 4.98 Å². The van der Waals surface area contributed by atoms with Crippen LogP contribution in [0.15, 0.2) is 65.2 Å². The second kappa shape index (κ2) is 7.04. The fourth-order valence-corrected chi connectivity index (χ4v) is 1.82. The fraction of sp³-hybridized carbons (Fsp3) is 0.0833. The maximum absolute atomic E-state index is 5.41. The molecule has 0 bridgehead atoms. The van der Waals surface area contributed by atoms with Gasteiger partial charge in [0.25, 0.3) is 0 Å². The Bertz CT molecular complexity index is 355. The molecule has 0 fully saturated rings. The van der Waals surface area contributed by atoms with Crippen LogP contribution in [-0.2, 0) is 0 Å². The van der Waals surface area contributed by atoms with E-state index in [-0.39, 0.29) is 0 Å². The molecule has 78 valence electrons. The first-order chi connectivity index (χ1) is 7.36. The lowest BCUT2D eigenvalue weighted by Crippen LogP contribution is -1.92. The third-order valence-electron chi connectivity index (χ3n) is 1.59. The molecule has 1 aromatic heterocycles. The van der Waals surface area contributed by atoms with Crippen molar-refractivity contribution in [2.75, 3.05) is 6.54 Å². The molecular formula is C12H14N2S. The number of hydrogen-bond donors (Lipinski definition) is 1. The predicted octanol–water partition coefficient (Wildman–Crippen LogP) is 2.76. The van der Waals surface area contributed by atoms with Gasteiger partial charge in [-0.15, -0.1) is 0 Å². The molecule has 0 atom stereocenters. The van der Waals surface area contributed by atoms with Gasteiger partial charge in [0, 0.05) is 28.7 Å². The van der Waals surface area contributed by atoms with Gasteiger partial charge < -0.3 is 5.73 Å². The van der Waals surface area contributed by atoms with E-state index in [0.717, 1.165) is 9.80 Å². The summed E-state index contributed by atoms with van der Waals surface area (Å²) in [5, 5.41) is 0. The Morgan fingerprint density at radius 3 is 2.80 bits per heavy atom. The molecule has 2 nitrogen and oxygen atoms in total. The standard InChI is InChI=1S/C12H14N2S/c1-2-4-11(5-3-8-13)15-12-6-9-14-10-7-12/h2-7,9-10H,1,8,13H2/b5-3-,11-4+. The van der Waals surface area contributed by atoms with E-state index >= 15 is 0 Å². The molecular weight excluding hydrogens is 204 g/mol. The smallest absolute Gasteiger partial charge is 0.0279 e. The first-order valence-electron chi connectivity index (χ1n) is 4.64. The van der Waals surface area contributed by atoms with Crippen LogP contribution in [0.1, 0.15) is 0 Å². The second-order valence-corrected chi connectivity index (χ2v) is 3.87. The molecule has 1 aromatic rings. The highest BCUT2D eigenvalue weighted by Crippen LogP contribution is 2.26. The van der Waals surface area contributed by atoms with Crippen LogP contribution >= 0.6 is 11.8 Å². The zero-order valence-corrected chi connectivity index (χ0v) is 9.28. The molecule has 0 spiro atoms. The van der Waals surface area contributed by atoms with E-state index in [0.29, 0.717) is 6.54 Å². The summed E-state index contributed by atoms with van der Waals surface area (Å²) in [5.74, 6) is 0. The van der Waals surface area contributed by atoms with Gasteiger partial charge in [-0.05, 0) is 18.2 Å². The summed E-state index contributed by atoms with van der Waals surface area (Å²) < 4.78 is 0. The van der Waals surface area contributed by atoms with Gasteiger partial charge in [-0.25, -0.2) is 0 Å². The average Bonchev–Trinajstić information content (AvgIpc) is 2.28. The largest absolute Gasteiger partial charge is 0.327 e. The lowest BCUT2D eigenvalue weighted by Gasteiger charge is -2.00. The van der Waals surface area contributed by atoms with Crippen LogP contribution in [0.4, 0.5) is 0 Å². The molecule has 2 N–H and O–H groups in total. The van der Waals surface area contributed by atoms with Crippen molar-refractivity contribution in [2.45, 2.75) is 4.90 Å². The van der Waals surface area contributed by atoms with Crippen molar-refractivity contribution >= 4 is 11.8 Å². The van der Waals surface area contributed by atoms with Gasteiger partial charge in [-0.3, -0.25) is 4.98 Å². The van der Waals surface area contributed by atoms with Gasteiger partial charge in [0.2, 0.25) is 0 Å². The van der Waals surface area contributed by atoms with Crippen LogP contribution < -0.4 is 5.73 Å². The van der Waals surface area contributed by atoms with Gasteiger partial charge in [0.05, 0.1) is 0 Å². The van der Waals surface area contributed by atoms with Gasteiger partial charge >= 0.3 is 0 Å². The lowest BCUT2D eigenvalue weighted by molar-refractivity contribution is 1.25. The summed E-state index contributed by atoms with van der Waals surface area (Å²) >= 11 is 1.66. The maximum Gasteiger partial charge on any atom is 0.0279 e. The number of thioether (sulfide) groups is 1. The monoisotopic (exact) mass is 218 g/mol. The van der Waals surface area contributed by atoms with Gasteiger partial charge in [0.1, 0.15) is 0 Å². The summed E-state index contributed by atoms with van der Waals surface area (Å²) in [6.07, 6.45) is 11.2. The topological polar surface area (TPSA) is 38.9 Å². The summed E-state index contributed by atoms with van der Waals surface area (Å²) in [6.45, 7) is 4.23. The number of nitrogens with zero attached hydrogens (tertiary/aromatic N) is 1. The van der Waals surface area contributed by atoms with Crippen molar-refractivity contribution in [2.24, 2.45) is 5.73 Å². The molecule has 0 saturated carbocycles. The molecule has 1 heterocycles. The first-order valence-corrected chi connectivity index (χ1v) is 5.45. The van der Waals surface area contributed by atoms with E-state index in [1.807, 2.05) is 30.4 Å². The van der Waals surface area contributed by atoms with Gasteiger partial charge in [-0.2, -0.15) is 0 Å². The summed E-state index contributed by atoms with van der Waals surface area (Å²) in [4.78, 5) is 6.24. The van der Waals surface area contributed by atoms with Crippen LogP contribution in [0.2, 0.25) is 0 Å². The van der Waals surface area contributed by atoms with Gasteiger partial charge in [-0.1, -0.05) is 36.6 Å². The SMILES string of the molecule is C=C/C=C(\C=C/CN)Sc1ccncc1. The van der Waals surface area contributed by atoms with Crippen LogP contribution in [0, 0.1) is 0 Å². The highest BCUT2D eigenvalue weighted by molar-refractivity contribution is 8.03. The van der Waals surface area contributed by atoms with E-state index in [1.54, 1.807) is 30.2 Å². The van der Waals surface area contributed by atoms with E-state index in [1.165, 1.54) is 0 Å². The number of hydrogen-bond acceptors (Lipinski definition) is 3. The Morgan fingerprint density at radius 1 is 1.47 bits per heavy atom. The number of rotatable bonds is 5. The summed E-state index contributed by atoms with van der Waals surface area (Å²) in [6, 6.07) is 3.94. The highest BCUT2D eigenvalue weighted by Gasteiger charge is 1.95. The minimum Gasteiger partial charge on any atom is -0.327 e. The Kier molecular flexibility index (Phi) is 5.51. The van der Waals surface area contributed by atoms with Crippen LogP contribution in [0.25, 0.3) is 0 Å². The minimum atomic E-state index is 0.547. The third kappa shape index (κ3) is 4.63. The molecule has 15 heavy (non-hydrogen) atoms. The van der Waals surface area contributed by atoms with Crippen LogP contribution in [-0.4, -0.2) is 11.5 Å². The third-order valence-corrected chi connectivity index (χ3v) is 2.60. The Balaban J connectivity index is 2.72. The molecule has 0 unspecified atom stereocenters. The molecule has 0 aliphatic carbocycles. The maximum atomic E-state index is 5.41. The van der Waals surface area contributed by atoms with Crippen molar-refractivity contribution in [3.8, 4) is 0 Å². The Labute approximate surface area is 94.6 Å². The quantitative estimate of drug-likeness (QED) is 0.610. The molecule has 1 rings (SSSR count). The first kappa shape index (κ1) is 11.8. The van der Waals surface area contributed by atoms with Crippen molar-refractivity contribution < 1.29 is 0 Å². The molecule has 0 radical (unpaired) electrons. The normalized spacial score (nSPS) is 11.9. The second-order valence-electron chi connectivity index (χ2n) is 2.73. The minimum absolute atomic E-state index is 0.547. The summed E-state index contributed by atoms with van der Waals surface area (Å²) in [5.41, 5.74) is 5.41. The van der Waals surface area contributed by atoms with Crippen molar-refractivity contribution in [3.63, 3.8) is 0 Å². The molecule has 0 aliphatic rings. The van der Waals surface area contributed by atoms with E-state index in [2.05, 4.69) is 11.6 Å². The zero-order valence-electron chi connectivity index (χ0n) is 8.47. The fourth-order valence-electron chi connectivity index (χ4n) is 0.966. The van der Waals surface area contributed by atoms with Gasteiger partial charge in [0.15, 0.2) is 0 Å².